The van der Waals surface area contributed by atoms with Gasteiger partial charge in [-0.3, -0.25) is 13.6 Å². The van der Waals surface area contributed by atoms with Crippen molar-refractivity contribution in [3.63, 3.8) is 0 Å². The lowest BCUT2D eigenvalue weighted by Gasteiger charge is -2.69. The highest BCUT2D eigenvalue weighted by Crippen LogP contribution is 2.74. The van der Waals surface area contributed by atoms with Gasteiger partial charge in [0, 0.05) is 11.3 Å². The summed E-state index contributed by atoms with van der Waals surface area (Å²) in [5, 5.41) is 10.3. The Bertz CT molecular complexity index is 794. The Morgan fingerprint density at radius 1 is 1.03 bits per heavy atom. The first-order valence-corrected chi connectivity index (χ1v) is 13.3. The molecule has 0 aliphatic heterocycles. The number of hydrogen-bond donors (Lipinski definition) is 0. The van der Waals surface area contributed by atoms with Crippen LogP contribution < -0.4 is 0 Å². The van der Waals surface area contributed by atoms with Gasteiger partial charge in [0.15, 0.2) is 5.60 Å². The molecule has 6 heteroatoms. The van der Waals surface area contributed by atoms with E-state index in [1.54, 1.807) is 13.8 Å². The van der Waals surface area contributed by atoms with Gasteiger partial charge in [-0.2, -0.15) is 5.26 Å². The van der Waals surface area contributed by atoms with Crippen molar-refractivity contribution in [3.05, 3.63) is 12.2 Å². The maximum absolute atomic E-state index is 13.2. The van der Waals surface area contributed by atoms with Crippen LogP contribution in [0.25, 0.3) is 0 Å². The number of hydrogen-bond acceptors (Lipinski definition) is 5. The summed E-state index contributed by atoms with van der Waals surface area (Å²) in [6, 6.07) is 2.44. The summed E-state index contributed by atoms with van der Waals surface area (Å²) in [6.45, 7) is 11.4. The molecule has 0 bridgehead atoms. The number of allylic oxidation sites excluding steroid dienone is 1. The topological polar surface area (TPSA) is 68.6 Å². The second-order valence-electron chi connectivity index (χ2n) is 10.9. The molecule has 4 aliphatic carbocycles. The van der Waals surface area contributed by atoms with E-state index in [4.69, 9.17) is 13.6 Å². The number of phosphoric ester groups is 1. The third-order valence-corrected chi connectivity index (χ3v) is 10.8. The first-order chi connectivity index (χ1) is 14.1. The number of nitriles is 1. The van der Waals surface area contributed by atoms with Gasteiger partial charge in [0.1, 0.15) is 0 Å². The molecule has 6 atom stereocenters. The van der Waals surface area contributed by atoms with Gasteiger partial charge >= 0.3 is 7.82 Å². The van der Waals surface area contributed by atoms with E-state index in [0.717, 1.165) is 18.8 Å². The van der Waals surface area contributed by atoms with Crippen molar-refractivity contribution in [3.8, 4) is 6.07 Å². The molecular formula is C24H38NO4P. The monoisotopic (exact) mass is 435 g/mol. The molecule has 3 saturated carbocycles. The van der Waals surface area contributed by atoms with Crippen molar-refractivity contribution in [1.82, 2.24) is 0 Å². The molecule has 0 N–H and O–H groups in total. The van der Waals surface area contributed by atoms with Crippen LogP contribution in [0.3, 0.4) is 0 Å². The molecule has 4 rings (SSSR count). The molecule has 168 valence electrons. The van der Waals surface area contributed by atoms with Crippen LogP contribution in [0, 0.1) is 45.3 Å². The van der Waals surface area contributed by atoms with Crippen LogP contribution in [0.2, 0.25) is 0 Å². The van der Waals surface area contributed by atoms with Crippen LogP contribution in [0.4, 0.5) is 0 Å². The second kappa shape index (κ2) is 7.45. The Labute approximate surface area is 182 Å². The predicted molar refractivity (Wildman–Crippen MR) is 117 cm³/mol. The van der Waals surface area contributed by atoms with Crippen LogP contribution in [0.15, 0.2) is 12.2 Å². The van der Waals surface area contributed by atoms with Crippen molar-refractivity contribution < 1.29 is 18.1 Å². The quantitative estimate of drug-likeness (QED) is 0.345. The first-order valence-electron chi connectivity index (χ1n) is 11.8. The normalized spacial score (nSPS) is 44.2. The Morgan fingerprint density at radius 3 is 2.27 bits per heavy atom. The van der Waals surface area contributed by atoms with Gasteiger partial charge < -0.3 is 0 Å². The Hall–Kier alpha value is -0.660. The Morgan fingerprint density at radius 2 is 1.70 bits per heavy atom. The summed E-state index contributed by atoms with van der Waals surface area (Å²) in [4.78, 5) is 0. The molecule has 1 unspecified atom stereocenters. The van der Waals surface area contributed by atoms with Crippen LogP contribution in [-0.2, 0) is 18.1 Å². The Kier molecular flexibility index (Phi) is 5.59. The van der Waals surface area contributed by atoms with Crippen LogP contribution in [-0.4, -0.2) is 18.8 Å². The van der Waals surface area contributed by atoms with E-state index >= 15 is 0 Å². The minimum atomic E-state index is -3.77. The zero-order valence-corrected chi connectivity index (χ0v) is 20.2. The van der Waals surface area contributed by atoms with Gasteiger partial charge in [-0.25, -0.2) is 4.57 Å². The minimum Gasteiger partial charge on any atom is -0.287 e. The van der Waals surface area contributed by atoms with Gasteiger partial charge in [0.25, 0.3) is 0 Å². The summed E-state index contributed by atoms with van der Waals surface area (Å²) in [5.41, 5.74) is -0.514. The third kappa shape index (κ3) is 3.09. The Balaban J connectivity index is 1.68. The summed E-state index contributed by atoms with van der Waals surface area (Å²) in [6.07, 6.45) is 12.1. The molecule has 0 aromatic carbocycles. The van der Waals surface area contributed by atoms with Gasteiger partial charge in [-0.1, -0.05) is 39.3 Å². The molecule has 3 fully saturated rings. The number of nitrogens with zero attached hydrogens (tertiary/aromatic N) is 1. The fourth-order valence-corrected chi connectivity index (χ4v) is 9.51. The standard InChI is InChI=1S/C24H38NO4P/c1-6-27-30(26,28-7-2)29-24(17-25)16-11-19-22(5)13-8-12-21(3,4)18(22)9-14-23(19)15-10-20(23)24/h10,15,18-20H,6-9,11-14,16H2,1-5H3/t18-,19+,20-,22-,23-,24?/m0/s1. The molecule has 0 radical (unpaired) electrons. The molecular weight excluding hydrogens is 397 g/mol. The zero-order valence-electron chi connectivity index (χ0n) is 19.3. The largest absolute Gasteiger partial charge is 0.476 e. The second-order valence-corrected chi connectivity index (χ2v) is 12.4. The van der Waals surface area contributed by atoms with Crippen molar-refractivity contribution in [2.24, 2.45) is 34.0 Å². The maximum Gasteiger partial charge on any atom is 0.476 e. The highest BCUT2D eigenvalue weighted by Gasteiger charge is 2.69. The van der Waals surface area contributed by atoms with E-state index in [0.29, 0.717) is 17.8 Å². The average molecular weight is 436 g/mol. The van der Waals surface area contributed by atoms with Crippen molar-refractivity contribution >= 4 is 7.82 Å². The van der Waals surface area contributed by atoms with Gasteiger partial charge in [-0.05, 0) is 75.0 Å². The fourth-order valence-electron chi connectivity index (χ4n) is 8.05. The van der Waals surface area contributed by atoms with E-state index in [1.807, 2.05) is 0 Å². The highest BCUT2D eigenvalue weighted by atomic mass is 31.2. The molecule has 0 aromatic rings. The first kappa shape index (κ1) is 22.5. The number of rotatable bonds is 6. The minimum absolute atomic E-state index is 0.0318. The van der Waals surface area contributed by atoms with E-state index in [-0.39, 0.29) is 30.0 Å². The van der Waals surface area contributed by atoms with Crippen LogP contribution >= 0.6 is 7.82 Å². The number of phosphoric acid groups is 1. The lowest BCUT2D eigenvalue weighted by molar-refractivity contribution is -0.186. The lowest BCUT2D eigenvalue weighted by Crippen LogP contribution is -2.65. The zero-order chi connectivity index (χ0) is 21.8. The smallest absolute Gasteiger partial charge is 0.287 e. The summed E-state index contributed by atoms with van der Waals surface area (Å²) in [7, 11) is -3.77. The third-order valence-electron chi connectivity index (χ3n) is 9.11. The van der Waals surface area contributed by atoms with Crippen molar-refractivity contribution in [2.75, 3.05) is 13.2 Å². The van der Waals surface area contributed by atoms with Crippen LogP contribution in [0.1, 0.15) is 79.6 Å². The SMILES string of the molecule is CCOP(=O)(OCC)OC1(C#N)CC[C@@H]2[C@@]3(C)CCCC(C)(C)[C@@H]3CC[C@]23C=C[C@H]13. The molecule has 0 aromatic heterocycles. The predicted octanol–water partition coefficient (Wildman–Crippen LogP) is 6.66. The number of fused-ring (bicyclic) bond motifs is 2. The average Bonchev–Trinajstić information content (AvgIpc) is 2.64. The van der Waals surface area contributed by atoms with E-state index in [2.05, 4.69) is 39.0 Å². The molecule has 4 aliphatic rings. The molecule has 0 saturated heterocycles. The molecule has 30 heavy (non-hydrogen) atoms. The van der Waals surface area contributed by atoms with E-state index < -0.39 is 13.4 Å². The highest BCUT2D eigenvalue weighted by molar-refractivity contribution is 7.48. The fraction of sp³-hybridized carbons (Fsp3) is 0.875. The summed E-state index contributed by atoms with van der Waals surface area (Å²) in [5.74, 6) is 1.21. The van der Waals surface area contributed by atoms with Gasteiger partial charge in [-0.15, -0.1) is 0 Å². The van der Waals surface area contributed by atoms with E-state index in [1.165, 1.54) is 25.7 Å². The summed E-state index contributed by atoms with van der Waals surface area (Å²) < 4.78 is 30.1. The maximum atomic E-state index is 13.2. The van der Waals surface area contributed by atoms with Crippen molar-refractivity contribution in [1.29, 1.82) is 5.26 Å². The van der Waals surface area contributed by atoms with Gasteiger partial charge in [0.2, 0.25) is 0 Å². The molecule has 1 spiro atoms. The van der Waals surface area contributed by atoms with E-state index in [9.17, 15) is 9.83 Å². The lowest BCUT2D eigenvalue weighted by atomic mass is 9.35. The molecule has 0 heterocycles. The summed E-state index contributed by atoms with van der Waals surface area (Å²) >= 11 is 0. The van der Waals surface area contributed by atoms with Crippen molar-refractivity contribution in [2.45, 2.75) is 85.2 Å². The van der Waals surface area contributed by atoms with Crippen LogP contribution in [0.5, 0.6) is 0 Å². The molecule has 5 nitrogen and oxygen atoms in total. The molecule has 0 amide bonds. The van der Waals surface area contributed by atoms with Gasteiger partial charge in [0.05, 0.1) is 19.3 Å².